The van der Waals surface area contributed by atoms with Gasteiger partial charge < -0.3 is 10.2 Å². The van der Waals surface area contributed by atoms with Crippen LogP contribution in [0.1, 0.15) is 32.6 Å². The van der Waals surface area contributed by atoms with E-state index in [-0.39, 0.29) is 17.7 Å². The van der Waals surface area contributed by atoms with Crippen molar-refractivity contribution in [1.82, 2.24) is 4.90 Å². The molecule has 0 bridgehead atoms. The number of nitrogens with one attached hydrogen (secondary N) is 1. The zero-order chi connectivity index (χ0) is 16.6. The molecule has 4 nitrogen and oxygen atoms in total. The second-order valence-electron chi connectivity index (χ2n) is 6.45. The fourth-order valence-corrected chi connectivity index (χ4v) is 3.51. The molecule has 6 heteroatoms. The van der Waals surface area contributed by atoms with Crippen LogP contribution < -0.4 is 5.32 Å². The van der Waals surface area contributed by atoms with Crippen LogP contribution in [0.4, 0.5) is 5.69 Å². The molecule has 1 saturated heterocycles. The highest BCUT2D eigenvalue weighted by Crippen LogP contribution is 2.40. The van der Waals surface area contributed by atoms with Crippen molar-refractivity contribution in [2.75, 3.05) is 11.9 Å². The van der Waals surface area contributed by atoms with E-state index in [0.717, 1.165) is 19.3 Å². The maximum atomic E-state index is 12.7. The van der Waals surface area contributed by atoms with E-state index in [4.69, 9.17) is 23.2 Å². The number of halogens is 2. The Balaban J connectivity index is 1.73. The lowest BCUT2D eigenvalue weighted by atomic mass is 10.00. The maximum absolute atomic E-state index is 12.7. The van der Waals surface area contributed by atoms with Gasteiger partial charge >= 0.3 is 0 Å². The topological polar surface area (TPSA) is 49.4 Å². The van der Waals surface area contributed by atoms with Gasteiger partial charge in [0.1, 0.15) is 6.04 Å². The van der Waals surface area contributed by atoms with Crippen molar-refractivity contribution in [3.05, 3.63) is 28.2 Å². The third-order valence-electron chi connectivity index (χ3n) is 4.72. The standard InChI is InChI=1S/C17H20Cl2N2O2/c1-10-9-11(10)17(23)21-8-3-2-7-14(21)16(22)20-13-6-4-5-12(18)15(13)19/h4-6,10-11,14H,2-3,7-9H2,1H3,(H,20,22). The Hall–Kier alpha value is -1.26. The van der Waals surface area contributed by atoms with Crippen LogP contribution in [0.25, 0.3) is 0 Å². The summed E-state index contributed by atoms with van der Waals surface area (Å²) in [5.41, 5.74) is 0.488. The van der Waals surface area contributed by atoms with Gasteiger partial charge in [-0.25, -0.2) is 0 Å². The van der Waals surface area contributed by atoms with Crippen LogP contribution in [0.5, 0.6) is 0 Å². The van der Waals surface area contributed by atoms with Gasteiger partial charge in [-0.2, -0.15) is 0 Å². The van der Waals surface area contributed by atoms with Crippen molar-refractivity contribution in [2.45, 2.75) is 38.6 Å². The summed E-state index contributed by atoms with van der Waals surface area (Å²) in [6.45, 7) is 2.73. The molecule has 0 aromatic heterocycles. The largest absolute Gasteiger partial charge is 0.330 e. The first-order valence-corrected chi connectivity index (χ1v) is 8.80. The Kier molecular flexibility index (Phi) is 4.83. The van der Waals surface area contributed by atoms with Gasteiger partial charge in [-0.1, -0.05) is 36.2 Å². The number of anilines is 1. The quantitative estimate of drug-likeness (QED) is 0.892. The molecule has 124 valence electrons. The molecule has 1 saturated carbocycles. The van der Waals surface area contributed by atoms with E-state index in [9.17, 15) is 9.59 Å². The summed E-state index contributed by atoms with van der Waals surface area (Å²) in [5, 5.41) is 3.55. The van der Waals surface area contributed by atoms with Gasteiger partial charge in [-0.3, -0.25) is 9.59 Å². The third-order valence-corrected chi connectivity index (χ3v) is 5.54. The number of hydrogen-bond donors (Lipinski definition) is 1. The summed E-state index contributed by atoms with van der Waals surface area (Å²) in [5.74, 6) is 0.471. The number of likely N-dealkylation sites (tertiary alicyclic amines) is 1. The molecule has 1 aromatic rings. The summed E-state index contributed by atoms with van der Waals surface area (Å²) < 4.78 is 0. The number of hydrogen-bond acceptors (Lipinski definition) is 2. The van der Waals surface area contributed by atoms with E-state index in [1.807, 2.05) is 0 Å². The van der Waals surface area contributed by atoms with E-state index in [1.165, 1.54) is 0 Å². The minimum absolute atomic E-state index is 0.0955. The zero-order valence-corrected chi connectivity index (χ0v) is 14.5. The molecular formula is C17H20Cl2N2O2. The second kappa shape index (κ2) is 6.70. The first kappa shape index (κ1) is 16.6. The van der Waals surface area contributed by atoms with E-state index in [2.05, 4.69) is 12.2 Å². The van der Waals surface area contributed by atoms with Crippen LogP contribution in [0.2, 0.25) is 10.0 Å². The average Bonchev–Trinajstić information content (AvgIpc) is 3.28. The predicted octanol–water partition coefficient (Wildman–Crippen LogP) is 3.97. The van der Waals surface area contributed by atoms with Gasteiger partial charge in [0.05, 0.1) is 15.7 Å². The molecule has 0 radical (unpaired) electrons. The van der Waals surface area contributed by atoms with Gasteiger partial charge in [0.25, 0.3) is 0 Å². The number of rotatable bonds is 3. The molecule has 2 aliphatic rings. The van der Waals surface area contributed by atoms with Crippen LogP contribution >= 0.6 is 23.2 Å². The molecule has 1 N–H and O–H groups in total. The summed E-state index contributed by atoms with van der Waals surface area (Å²) in [7, 11) is 0. The van der Waals surface area contributed by atoms with Gasteiger partial charge in [0, 0.05) is 12.5 Å². The molecule has 23 heavy (non-hydrogen) atoms. The number of nitrogens with zero attached hydrogens (tertiary/aromatic N) is 1. The molecule has 3 atom stereocenters. The van der Waals surface area contributed by atoms with E-state index < -0.39 is 6.04 Å². The van der Waals surface area contributed by atoms with Crippen LogP contribution in [0.3, 0.4) is 0 Å². The highest BCUT2D eigenvalue weighted by atomic mass is 35.5. The Morgan fingerprint density at radius 3 is 2.70 bits per heavy atom. The third kappa shape index (κ3) is 3.48. The lowest BCUT2D eigenvalue weighted by Crippen LogP contribution is -2.50. The molecule has 0 spiro atoms. The monoisotopic (exact) mass is 354 g/mol. The number of benzene rings is 1. The van der Waals surface area contributed by atoms with Crippen molar-refractivity contribution in [1.29, 1.82) is 0 Å². The smallest absolute Gasteiger partial charge is 0.247 e. The Bertz CT molecular complexity index is 635. The molecule has 1 aliphatic carbocycles. The van der Waals surface area contributed by atoms with Crippen molar-refractivity contribution in [2.24, 2.45) is 11.8 Å². The average molecular weight is 355 g/mol. The Morgan fingerprint density at radius 2 is 2.00 bits per heavy atom. The number of carbonyl (C=O) groups is 2. The molecule has 2 amide bonds. The fraction of sp³-hybridized carbons (Fsp3) is 0.529. The van der Waals surface area contributed by atoms with Crippen LogP contribution in [0.15, 0.2) is 18.2 Å². The lowest BCUT2D eigenvalue weighted by molar-refractivity contribution is -0.141. The minimum Gasteiger partial charge on any atom is -0.330 e. The molecule has 3 rings (SSSR count). The highest BCUT2D eigenvalue weighted by Gasteiger charge is 2.44. The molecule has 1 aromatic carbocycles. The molecule has 1 heterocycles. The van der Waals surface area contributed by atoms with Gasteiger partial charge in [-0.05, 0) is 43.7 Å². The van der Waals surface area contributed by atoms with Crippen molar-refractivity contribution >= 4 is 40.7 Å². The van der Waals surface area contributed by atoms with E-state index in [1.54, 1.807) is 23.1 Å². The summed E-state index contributed by atoms with van der Waals surface area (Å²) in [4.78, 5) is 27.0. The van der Waals surface area contributed by atoms with Gasteiger partial charge in [0.15, 0.2) is 0 Å². The van der Waals surface area contributed by atoms with Crippen LogP contribution in [-0.2, 0) is 9.59 Å². The molecular weight excluding hydrogens is 335 g/mol. The molecule has 1 aliphatic heterocycles. The zero-order valence-electron chi connectivity index (χ0n) is 13.0. The van der Waals surface area contributed by atoms with Crippen LogP contribution in [0, 0.1) is 11.8 Å². The van der Waals surface area contributed by atoms with Gasteiger partial charge in [0.2, 0.25) is 11.8 Å². The molecule has 2 fully saturated rings. The van der Waals surface area contributed by atoms with Crippen molar-refractivity contribution in [3.8, 4) is 0 Å². The Morgan fingerprint density at radius 1 is 1.26 bits per heavy atom. The normalized spacial score (nSPS) is 26.7. The first-order valence-electron chi connectivity index (χ1n) is 8.04. The van der Waals surface area contributed by atoms with E-state index in [0.29, 0.717) is 34.6 Å². The Labute approximate surface area is 146 Å². The SMILES string of the molecule is CC1CC1C(=O)N1CCCCC1C(=O)Nc1cccc(Cl)c1Cl. The van der Waals surface area contributed by atoms with Crippen molar-refractivity contribution < 1.29 is 9.59 Å². The maximum Gasteiger partial charge on any atom is 0.247 e. The second-order valence-corrected chi connectivity index (χ2v) is 7.24. The number of piperidine rings is 1. The first-order chi connectivity index (χ1) is 11.0. The molecule has 3 unspecified atom stereocenters. The fourth-order valence-electron chi connectivity index (χ4n) is 3.16. The number of amides is 2. The number of carbonyl (C=O) groups excluding carboxylic acids is 2. The highest BCUT2D eigenvalue weighted by molar-refractivity contribution is 6.44. The van der Waals surface area contributed by atoms with E-state index >= 15 is 0 Å². The summed E-state index contributed by atoms with van der Waals surface area (Å²) in [6.07, 6.45) is 3.53. The summed E-state index contributed by atoms with van der Waals surface area (Å²) >= 11 is 12.1. The van der Waals surface area contributed by atoms with Gasteiger partial charge in [-0.15, -0.1) is 0 Å². The predicted molar refractivity (Wildman–Crippen MR) is 91.7 cm³/mol. The van der Waals surface area contributed by atoms with Crippen molar-refractivity contribution in [3.63, 3.8) is 0 Å². The minimum atomic E-state index is -0.418. The lowest BCUT2D eigenvalue weighted by Gasteiger charge is -2.35. The summed E-state index contributed by atoms with van der Waals surface area (Å²) in [6, 6.07) is 4.70. The van der Waals surface area contributed by atoms with Crippen LogP contribution in [-0.4, -0.2) is 29.3 Å².